The molecule has 0 heterocycles. The summed E-state index contributed by atoms with van der Waals surface area (Å²) in [6, 6.07) is 17.5. The number of carbonyl (C=O) groups is 1. The quantitative estimate of drug-likeness (QED) is 0.874. The van der Waals surface area contributed by atoms with Crippen LogP contribution in [-0.4, -0.2) is 18.5 Å². The van der Waals surface area contributed by atoms with Crippen LogP contribution in [0.5, 0.6) is 0 Å². The standard InChI is InChI=1S/C17H20N2O/c1-13-7-9-15(10-8-13)17(20)19-16(12-18)11-14-5-3-2-4-6-14/h2-10,16H,11-12,18H2,1H3,(H,19,20). The van der Waals surface area contributed by atoms with Gasteiger partial charge in [-0.15, -0.1) is 0 Å². The fraction of sp³-hybridized carbons (Fsp3) is 0.235. The molecule has 0 aromatic heterocycles. The summed E-state index contributed by atoms with van der Waals surface area (Å²) in [5.41, 5.74) is 8.74. The van der Waals surface area contributed by atoms with E-state index < -0.39 is 0 Å². The van der Waals surface area contributed by atoms with Crippen molar-refractivity contribution < 1.29 is 4.79 Å². The molecule has 0 saturated carbocycles. The minimum absolute atomic E-state index is 0.0498. The Balaban J connectivity index is 1.99. The van der Waals surface area contributed by atoms with E-state index in [-0.39, 0.29) is 11.9 Å². The fourth-order valence-electron chi connectivity index (χ4n) is 2.07. The van der Waals surface area contributed by atoms with E-state index in [1.165, 1.54) is 5.56 Å². The van der Waals surface area contributed by atoms with Crippen LogP contribution < -0.4 is 11.1 Å². The molecule has 2 rings (SSSR count). The van der Waals surface area contributed by atoms with Gasteiger partial charge in [-0.05, 0) is 31.0 Å². The number of aryl methyl sites for hydroxylation is 1. The van der Waals surface area contributed by atoms with Crippen molar-refractivity contribution in [3.63, 3.8) is 0 Å². The molecular weight excluding hydrogens is 248 g/mol. The average Bonchev–Trinajstić information content (AvgIpc) is 2.48. The van der Waals surface area contributed by atoms with Gasteiger partial charge < -0.3 is 11.1 Å². The van der Waals surface area contributed by atoms with Crippen LogP contribution in [-0.2, 0) is 6.42 Å². The Bertz CT molecular complexity index is 549. The molecular formula is C17H20N2O. The van der Waals surface area contributed by atoms with Gasteiger partial charge in [-0.2, -0.15) is 0 Å². The summed E-state index contributed by atoms with van der Waals surface area (Å²) in [6.07, 6.45) is 0.745. The highest BCUT2D eigenvalue weighted by molar-refractivity contribution is 5.94. The van der Waals surface area contributed by atoms with E-state index in [0.29, 0.717) is 12.1 Å². The van der Waals surface area contributed by atoms with Crippen LogP contribution in [0.4, 0.5) is 0 Å². The molecule has 3 heteroatoms. The highest BCUT2D eigenvalue weighted by Crippen LogP contribution is 2.06. The number of benzene rings is 2. The summed E-state index contributed by atoms with van der Waals surface area (Å²) < 4.78 is 0. The van der Waals surface area contributed by atoms with Crippen molar-refractivity contribution in [3.05, 3.63) is 71.3 Å². The maximum atomic E-state index is 12.1. The minimum atomic E-state index is -0.0728. The lowest BCUT2D eigenvalue weighted by molar-refractivity contribution is 0.0938. The van der Waals surface area contributed by atoms with E-state index in [1.54, 1.807) is 0 Å². The summed E-state index contributed by atoms with van der Waals surface area (Å²) in [4.78, 5) is 12.1. The van der Waals surface area contributed by atoms with Crippen molar-refractivity contribution in [2.75, 3.05) is 6.54 Å². The van der Waals surface area contributed by atoms with Gasteiger partial charge in [-0.1, -0.05) is 48.0 Å². The fourth-order valence-corrected chi connectivity index (χ4v) is 2.07. The zero-order chi connectivity index (χ0) is 14.4. The summed E-state index contributed by atoms with van der Waals surface area (Å²) in [5, 5.41) is 2.99. The Morgan fingerprint density at radius 3 is 2.35 bits per heavy atom. The first-order valence-corrected chi connectivity index (χ1v) is 6.80. The second-order valence-corrected chi connectivity index (χ2v) is 4.96. The Hall–Kier alpha value is -2.13. The Labute approximate surface area is 119 Å². The Morgan fingerprint density at radius 1 is 1.10 bits per heavy atom. The minimum Gasteiger partial charge on any atom is -0.348 e. The van der Waals surface area contributed by atoms with Gasteiger partial charge >= 0.3 is 0 Å². The smallest absolute Gasteiger partial charge is 0.251 e. The van der Waals surface area contributed by atoms with Crippen molar-refractivity contribution in [2.45, 2.75) is 19.4 Å². The summed E-state index contributed by atoms with van der Waals surface area (Å²) >= 11 is 0. The lowest BCUT2D eigenvalue weighted by Gasteiger charge is -2.17. The SMILES string of the molecule is Cc1ccc(C(=O)NC(CN)Cc2ccccc2)cc1. The third-order valence-electron chi connectivity index (χ3n) is 3.26. The largest absolute Gasteiger partial charge is 0.348 e. The molecule has 3 nitrogen and oxygen atoms in total. The monoisotopic (exact) mass is 268 g/mol. The number of rotatable bonds is 5. The van der Waals surface area contributed by atoms with Crippen molar-refractivity contribution in [1.82, 2.24) is 5.32 Å². The van der Waals surface area contributed by atoms with Gasteiger partial charge in [-0.25, -0.2) is 0 Å². The lowest BCUT2D eigenvalue weighted by atomic mass is 10.1. The van der Waals surface area contributed by atoms with Crippen LogP contribution in [0.15, 0.2) is 54.6 Å². The molecule has 3 N–H and O–H groups in total. The van der Waals surface area contributed by atoms with E-state index in [2.05, 4.69) is 5.32 Å². The van der Waals surface area contributed by atoms with Gasteiger partial charge in [0, 0.05) is 18.2 Å². The summed E-state index contributed by atoms with van der Waals surface area (Å²) in [5.74, 6) is -0.0728. The van der Waals surface area contributed by atoms with Crippen molar-refractivity contribution in [3.8, 4) is 0 Å². The molecule has 0 bridgehead atoms. The van der Waals surface area contributed by atoms with Crippen molar-refractivity contribution >= 4 is 5.91 Å². The number of nitrogens with two attached hydrogens (primary N) is 1. The molecule has 0 aliphatic heterocycles. The normalized spacial score (nSPS) is 11.9. The highest BCUT2D eigenvalue weighted by atomic mass is 16.1. The van der Waals surface area contributed by atoms with E-state index in [4.69, 9.17) is 5.73 Å². The van der Waals surface area contributed by atoms with Gasteiger partial charge in [0.1, 0.15) is 0 Å². The number of hydrogen-bond donors (Lipinski definition) is 2. The molecule has 0 radical (unpaired) electrons. The average molecular weight is 268 g/mol. The second kappa shape index (κ2) is 6.87. The van der Waals surface area contributed by atoms with Gasteiger partial charge in [0.2, 0.25) is 0 Å². The molecule has 1 unspecified atom stereocenters. The third kappa shape index (κ3) is 3.93. The Morgan fingerprint density at radius 2 is 1.75 bits per heavy atom. The second-order valence-electron chi connectivity index (χ2n) is 4.96. The van der Waals surface area contributed by atoms with Crippen LogP contribution in [0, 0.1) is 6.92 Å². The number of amides is 1. The maximum Gasteiger partial charge on any atom is 0.251 e. The topological polar surface area (TPSA) is 55.1 Å². The van der Waals surface area contributed by atoms with Crippen LogP contribution >= 0.6 is 0 Å². The van der Waals surface area contributed by atoms with Crippen LogP contribution in [0.2, 0.25) is 0 Å². The molecule has 2 aromatic rings. The maximum absolute atomic E-state index is 12.1. The molecule has 1 amide bonds. The number of hydrogen-bond acceptors (Lipinski definition) is 2. The molecule has 0 spiro atoms. The molecule has 0 aliphatic rings. The first-order valence-electron chi connectivity index (χ1n) is 6.80. The van der Waals surface area contributed by atoms with E-state index in [0.717, 1.165) is 12.0 Å². The lowest BCUT2D eigenvalue weighted by Crippen LogP contribution is -2.41. The summed E-state index contributed by atoms with van der Waals surface area (Å²) in [7, 11) is 0. The van der Waals surface area contributed by atoms with Crippen molar-refractivity contribution in [2.24, 2.45) is 5.73 Å². The van der Waals surface area contributed by atoms with Gasteiger partial charge in [0.05, 0.1) is 0 Å². The Kier molecular flexibility index (Phi) is 4.91. The first kappa shape index (κ1) is 14.3. The number of carbonyl (C=O) groups excluding carboxylic acids is 1. The molecule has 104 valence electrons. The molecule has 0 fully saturated rings. The highest BCUT2D eigenvalue weighted by Gasteiger charge is 2.12. The third-order valence-corrected chi connectivity index (χ3v) is 3.26. The number of nitrogens with one attached hydrogen (secondary N) is 1. The zero-order valence-electron chi connectivity index (χ0n) is 11.7. The zero-order valence-corrected chi connectivity index (χ0v) is 11.7. The van der Waals surface area contributed by atoms with Crippen LogP contribution in [0.25, 0.3) is 0 Å². The van der Waals surface area contributed by atoms with Gasteiger partial charge in [0.15, 0.2) is 0 Å². The van der Waals surface area contributed by atoms with E-state index in [1.807, 2.05) is 61.5 Å². The predicted molar refractivity (Wildman–Crippen MR) is 81.6 cm³/mol. The van der Waals surface area contributed by atoms with Crippen molar-refractivity contribution in [1.29, 1.82) is 0 Å². The molecule has 20 heavy (non-hydrogen) atoms. The van der Waals surface area contributed by atoms with Gasteiger partial charge in [-0.3, -0.25) is 4.79 Å². The van der Waals surface area contributed by atoms with Crippen LogP contribution in [0.1, 0.15) is 21.5 Å². The van der Waals surface area contributed by atoms with Gasteiger partial charge in [0.25, 0.3) is 5.91 Å². The van der Waals surface area contributed by atoms with Crippen LogP contribution in [0.3, 0.4) is 0 Å². The molecule has 2 aromatic carbocycles. The van der Waals surface area contributed by atoms with E-state index >= 15 is 0 Å². The molecule has 0 aliphatic carbocycles. The van der Waals surface area contributed by atoms with E-state index in [9.17, 15) is 4.79 Å². The molecule has 0 saturated heterocycles. The predicted octanol–water partition coefficient (Wildman–Crippen LogP) is 2.29. The molecule has 1 atom stereocenters. The first-order chi connectivity index (χ1) is 9.69. The summed E-state index contributed by atoms with van der Waals surface area (Å²) in [6.45, 7) is 2.42.